The molecule has 1 amide bonds. The molecular formula is C21H29N3O2. The van der Waals surface area contributed by atoms with E-state index >= 15 is 0 Å². The summed E-state index contributed by atoms with van der Waals surface area (Å²) in [7, 11) is 0. The van der Waals surface area contributed by atoms with E-state index in [0.717, 1.165) is 35.0 Å². The third-order valence-corrected chi connectivity index (χ3v) is 5.51. The first kappa shape index (κ1) is 18.6. The van der Waals surface area contributed by atoms with Gasteiger partial charge in [-0.25, -0.2) is 4.98 Å². The highest BCUT2D eigenvalue weighted by Crippen LogP contribution is 2.18. The van der Waals surface area contributed by atoms with Crippen molar-refractivity contribution in [2.45, 2.75) is 78.3 Å². The van der Waals surface area contributed by atoms with Crippen molar-refractivity contribution in [2.75, 3.05) is 0 Å². The van der Waals surface area contributed by atoms with Gasteiger partial charge in [-0.15, -0.1) is 0 Å². The number of carbonyl (C=O) groups excluding carboxylic acids is 1. The van der Waals surface area contributed by atoms with E-state index < -0.39 is 0 Å². The molecule has 1 aromatic carbocycles. The second-order valence-corrected chi connectivity index (χ2v) is 7.59. The van der Waals surface area contributed by atoms with Crippen LogP contribution in [0.5, 0.6) is 0 Å². The SMILES string of the molecule is Cc1cc2nc(C)c(=O)n(CCC(=O)NC3CCCCCC3)c2cc1C. The molecule has 1 aliphatic rings. The van der Waals surface area contributed by atoms with Crippen LogP contribution in [0.4, 0.5) is 0 Å². The maximum Gasteiger partial charge on any atom is 0.272 e. The van der Waals surface area contributed by atoms with E-state index in [1.165, 1.54) is 25.7 Å². The molecule has 1 heterocycles. The molecule has 5 nitrogen and oxygen atoms in total. The summed E-state index contributed by atoms with van der Waals surface area (Å²) in [6, 6.07) is 4.31. The highest BCUT2D eigenvalue weighted by atomic mass is 16.2. The number of aryl methyl sites for hydroxylation is 4. The topological polar surface area (TPSA) is 64.0 Å². The van der Waals surface area contributed by atoms with Gasteiger partial charge in [0, 0.05) is 19.0 Å². The monoisotopic (exact) mass is 355 g/mol. The molecule has 1 aliphatic carbocycles. The molecule has 0 aliphatic heterocycles. The van der Waals surface area contributed by atoms with E-state index in [1.807, 2.05) is 26.0 Å². The summed E-state index contributed by atoms with van der Waals surface area (Å²) in [6.45, 7) is 6.20. The van der Waals surface area contributed by atoms with Crippen molar-refractivity contribution in [3.8, 4) is 0 Å². The lowest BCUT2D eigenvalue weighted by atomic mass is 10.1. The highest BCUT2D eigenvalue weighted by Gasteiger charge is 2.16. The molecule has 0 bridgehead atoms. The molecule has 1 saturated carbocycles. The van der Waals surface area contributed by atoms with Crippen LogP contribution in [0.3, 0.4) is 0 Å². The number of carbonyl (C=O) groups is 1. The van der Waals surface area contributed by atoms with Gasteiger partial charge >= 0.3 is 0 Å². The number of fused-ring (bicyclic) bond motifs is 1. The van der Waals surface area contributed by atoms with Crippen LogP contribution in [0.1, 0.15) is 61.8 Å². The van der Waals surface area contributed by atoms with Crippen LogP contribution in [0, 0.1) is 20.8 Å². The van der Waals surface area contributed by atoms with Crippen LogP contribution < -0.4 is 10.9 Å². The minimum absolute atomic E-state index is 0.0373. The number of aromatic nitrogens is 2. The maximum absolute atomic E-state index is 12.6. The molecule has 0 atom stereocenters. The predicted octanol–water partition coefficient (Wildman–Crippen LogP) is 3.55. The summed E-state index contributed by atoms with van der Waals surface area (Å²) >= 11 is 0. The number of nitrogens with one attached hydrogen (secondary N) is 1. The van der Waals surface area contributed by atoms with Crippen molar-refractivity contribution < 1.29 is 4.79 Å². The number of nitrogens with zero attached hydrogens (tertiary/aromatic N) is 2. The molecule has 0 unspecified atom stereocenters. The molecule has 1 N–H and O–H groups in total. The molecule has 2 aromatic rings. The minimum atomic E-state index is -0.108. The van der Waals surface area contributed by atoms with Crippen molar-refractivity contribution in [3.63, 3.8) is 0 Å². The van der Waals surface area contributed by atoms with E-state index in [-0.39, 0.29) is 11.5 Å². The Balaban J connectivity index is 1.77. The quantitative estimate of drug-likeness (QED) is 0.853. The first-order valence-electron chi connectivity index (χ1n) is 9.73. The van der Waals surface area contributed by atoms with Gasteiger partial charge in [0.2, 0.25) is 5.91 Å². The van der Waals surface area contributed by atoms with E-state index in [4.69, 9.17) is 0 Å². The number of benzene rings is 1. The second-order valence-electron chi connectivity index (χ2n) is 7.59. The Bertz CT molecular complexity index is 862. The minimum Gasteiger partial charge on any atom is -0.353 e. The van der Waals surface area contributed by atoms with Crippen molar-refractivity contribution in [3.05, 3.63) is 39.3 Å². The molecule has 5 heteroatoms. The van der Waals surface area contributed by atoms with Gasteiger partial charge in [-0.2, -0.15) is 0 Å². The highest BCUT2D eigenvalue weighted by molar-refractivity contribution is 5.78. The van der Waals surface area contributed by atoms with Gasteiger partial charge in [0.15, 0.2) is 0 Å². The molecule has 1 aromatic heterocycles. The average molecular weight is 355 g/mol. The molecule has 0 radical (unpaired) electrons. The van der Waals surface area contributed by atoms with Crippen LogP contribution in [-0.2, 0) is 11.3 Å². The zero-order valence-electron chi connectivity index (χ0n) is 16.1. The van der Waals surface area contributed by atoms with Crippen molar-refractivity contribution in [2.24, 2.45) is 0 Å². The van der Waals surface area contributed by atoms with Crippen LogP contribution in [0.25, 0.3) is 11.0 Å². The van der Waals surface area contributed by atoms with Crippen molar-refractivity contribution >= 4 is 16.9 Å². The van der Waals surface area contributed by atoms with Crippen LogP contribution in [-0.4, -0.2) is 21.5 Å². The standard InChI is InChI=1S/C21H29N3O2/c1-14-12-18-19(13-15(14)2)24(21(26)16(3)22-18)11-10-20(25)23-17-8-6-4-5-7-9-17/h12-13,17H,4-11H2,1-3H3,(H,23,25). The lowest BCUT2D eigenvalue weighted by Gasteiger charge is -2.17. The molecular weight excluding hydrogens is 326 g/mol. The number of hydrogen-bond acceptors (Lipinski definition) is 3. The Kier molecular flexibility index (Phi) is 5.74. The van der Waals surface area contributed by atoms with Crippen LogP contribution >= 0.6 is 0 Å². The number of amides is 1. The lowest BCUT2D eigenvalue weighted by molar-refractivity contribution is -0.122. The molecule has 3 rings (SSSR count). The Morgan fingerprint density at radius 1 is 1.12 bits per heavy atom. The summed E-state index contributed by atoms with van der Waals surface area (Å²) in [4.78, 5) is 29.4. The van der Waals surface area contributed by atoms with Gasteiger partial charge in [-0.3, -0.25) is 9.59 Å². The second kappa shape index (κ2) is 8.02. The summed E-state index contributed by atoms with van der Waals surface area (Å²) in [6.07, 6.45) is 7.38. The summed E-state index contributed by atoms with van der Waals surface area (Å²) in [5, 5.41) is 3.16. The Hall–Kier alpha value is -2.17. The van der Waals surface area contributed by atoms with Gasteiger partial charge < -0.3 is 9.88 Å². The fourth-order valence-corrected chi connectivity index (χ4v) is 3.78. The fourth-order valence-electron chi connectivity index (χ4n) is 3.78. The molecule has 26 heavy (non-hydrogen) atoms. The fraction of sp³-hybridized carbons (Fsp3) is 0.571. The van der Waals surface area contributed by atoms with Crippen molar-refractivity contribution in [1.29, 1.82) is 0 Å². The van der Waals surface area contributed by atoms with E-state index in [0.29, 0.717) is 24.7 Å². The summed E-state index contributed by atoms with van der Waals surface area (Å²) in [5.41, 5.74) is 4.27. The molecule has 1 fully saturated rings. The largest absolute Gasteiger partial charge is 0.353 e. The zero-order valence-corrected chi connectivity index (χ0v) is 16.1. The van der Waals surface area contributed by atoms with Gasteiger partial charge in [-0.05, 0) is 56.9 Å². The summed E-state index contributed by atoms with van der Waals surface area (Å²) in [5.74, 6) is 0.0373. The van der Waals surface area contributed by atoms with E-state index in [9.17, 15) is 9.59 Å². The molecule has 140 valence electrons. The van der Waals surface area contributed by atoms with Crippen LogP contribution in [0.15, 0.2) is 16.9 Å². The Morgan fingerprint density at radius 2 is 1.77 bits per heavy atom. The number of rotatable bonds is 4. The third kappa shape index (κ3) is 4.14. The van der Waals surface area contributed by atoms with E-state index in [2.05, 4.69) is 10.3 Å². The lowest BCUT2D eigenvalue weighted by Crippen LogP contribution is -2.35. The summed E-state index contributed by atoms with van der Waals surface area (Å²) < 4.78 is 1.71. The van der Waals surface area contributed by atoms with Gasteiger partial charge in [0.05, 0.1) is 11.0 Å². The van der Waals surface area contributed by atoms with Gasteiger partial charge in [-0.1, -0.05) is 25.7 Å². The maximum atomic E-state index is 12.6. The molecule has 0 saturated heterocycles. The zero-order chi connectivity index (χ0) is 18.7. The third-order valence-electron chi connectivity index (χ3n) is 5.51. The first-order valence-corrected chi connectivity index (χ1v) is 9.73. The predicted molar refractivity (Wildman–Crippen MR) is 104 cm³/mol. The Labute approximate surface area is 154 Å². The van der Waals surface area contributed by atoms with Crippen molar-refractivity contribution in [1.82, 2.24) is 14.9 Å². The van der Waals surface area contributed by atoms with Crippen LogP contribution in [0.2, 0.25) is 0 Å². The average Bonchev–Trinajstić information content (AvgIpc) is 2.86. The first-order chi connectivity index (χ1) is 12.5. The van der Waals surface area contributed by atoms with Gasteiger partial charge in [0.1, 0.15) is 5.69 Å². The number of hydrogen-bond donors (Lipinski definition) is 1. The van der Waals surface area contributed by atoms with E-state index in [1.54, 1.807) is 11.5 Å². The smallest absolute Gasteiger partial charge is 0.272 e. The van der Waals surface area contributed by atoms with Gasteiger partial charge in [0.25, 0.3) is 5.56 Å². The normalized spacial score (nSPS) is 15.8. The Morgan fingerprint density at radius 3 is 2.46 bits per heavy atom. The molecule has 0 spiro atoms.